The number of nitrogens with zero attached hydrogens (tertiary/aromatic N) is 4. The number of pyridine rings is 1. The smallest absolute Gasteiger partial charge is 0.303 e. The summed E-state index contributed by atoms with van der Waals surface area (Å²) in [5.41, 5.74) is 3.43. The van der Waals surface area contributed by atoms with Crippen LogP contribution in [-0.2, 0) is 17.8 Å². The standard InChI is InChI=1S/C21H19FN4O3/c1-2-16-19(13-5-7-14(22)8-6-13)20-23-12-15-17(26(20)24-16)9-11-25(21(15)29)10-3-4-18(27)28/h5-9,11-12H,2-4,10H2,1H3,(H,27,28). The van der Waals surface area contributed by atoms with Gasteiger partial charge in [0.15, 0.2) is 5.65 Å². The predicted molar refractivity (Wildman–Crippen MR) is 106 cm³/mol. The SMILES string of the molecule is CCc1nn2c(ncc3c(=O)n(CCCC(=O)O)ccc32)c1-c1ccc(F)cc1. The van der Waals surface area contributed by atoms with Crippen LogP contribution in [0.1, 0.15) is 25.5 Å². The van der Waals surface area contributed by atoms with Crippen LogP contribution in [-0.4, -0.2) is 30.2 Å². The molecule has 1 N–H and O–H groups in total. The third-order valence-corrected chi connectivity index (χ3v) is 4.91. The van der Waals surface area contributed by atoms with Gasteiger partial charge in [-0.05, 0) is 36.6 Å². The molecule has 1 aromatic carbocycles. The summed E-state index contributed by atoms with van der Waals surface area (Å²) in [7, 11) is 0. The summed E-state index contributed by atoms with van der Waals surface area (Å²) in [6, 6.07) is 7.97. The molecule has 29 heavy (non-hydrogen) atoms. The van der Waals surface area contributed by atoms with Crippen LogP contribution in [0.25, 0.3) is 27.7 Å². The molecule has 0 atom stereocenters. The topological polar surface area (TPSA) is 89.5 Å². The molecule has 0 radical (unpaired) electrons. The van der Waals surface area contributed by atoms with Crippen molar-refractivity contribution in [2.45, 2.75) is 32.7 Å². The highest BCUT2D eigenvalue weighted by Gasteiger charge is 2.17. The maximum atomic E-state index is 13.3. The van der Waals surface area contributed by atoms with Gasteiger partial charge in [-0.1, -0.05) is 19.1 Å². The molecule has 4 rings (SSSR count). The minimum atomic E-state index is -0.890. The van der Waals surface area contributed by atoms with Crippen molar-refractivity contribution >= 4 is 22.5 Å². The highest BCUT2D eigenvalue weighted by atomic mass is 19.1. The normalized spacial score (nSPS) is 11.4. The number of hydrogen-bond donors (Lipinski definition) is 1. The van der Waals surface area contributed by atoms with Gasteiger partial charge in [0.25, 0.3) is 5.56 Å². The summed E-state index contributed by atoms with van der Waals surface area (Å²) < 4.78 is 16.5. The van der Waals surface area contributed by atoms with E-state index >= 15 is 0 Å². The highest BCUT2D eigenvalue weighted by molar-refractivity contribution is 5.86. The fraction of sp³-hybridized carbons (Fsp3) is 0.238. The lowest BCUT2D eigenvalue weighted by Crippen LogP contribution is -2.21. The van der Waals surface area contributed by atoms with Crippen molar-refractivity contribution < 1.29 is 14.3 Å². The second kappa shape index (κ2) is 7.46. The molecule has 3 aromatic heterocycles. The molecular weight excluding hydrogens is 375 g/mol. The fourth-order valence-electron chi connectivity index (χ4n) is 3.49. The molecule has 0 aliphatic rings. The molecule has 0 aliphatic heterocycles. The molecular formula is C21H19FN4O3. The number of fused-ring (bicyclic) bond motifs is 3. The molecule has 0 unspecified atom stereocenters. The zero-order chi connectivity index (χ0) is 20.5. The van der Waals surface area contributed by atoms with E-state index in [1.165, 1.54) is 22.9 Å². The fourth-order valence-corrected chi connectivity index (χ4v) is 3.49. The van der Waals surface area contributed by atoms with Crippen LogP contribution in [0.15, 0.2) is 47.5 Å². The predicted octanol–water partition coefficient (Wildman–Crippen LogP) is 3.28. The van der Waals surface area contributed by atoms with Gasteiger partial charge < -0.3 is 9.67 Å². The Labute approximate surface area is 165 Å². The Hall–Kier alpha value is -3.55. The van der Waals surface area contributed by atoms with Crippen molar-refractivity contribution in [3.63, 3.8) is 0 Å². The monoisotopic (exact) mass is 394 g/mol. The van der Waals surface area contributed by atoms with Crippen LogP contribution in [0.5, 0.6) is 0 Å². The van der Waals surface area contributed by atoms with Gasteiger partial charge in [-0.15, -0.1) is 0 Å². The minimum Gasteiger partial charge on any atom is -0.481 e. The van der Waals surface area contributed by atoms with Crippen LogP contribution >= 0.6 is 0 Å². The molecule has 148 valence electrons. The number of rotatable bonds is 6. The number of carboxylic acid groups (broad SMARTS) is 1. The lowest BCUT2D eigenvalue weighted by molar-refractivity contribution is -0.137. The molecule has 3 heterocycles. The van der Waals surface area contributed by atoms with Gasteiger partial charge in [-0.2, -0.15) is 5.10 Å². The molecule has 4 aromatic rings. The van der Waals surface area contributed by atoms with E-state index in [0.29, 0.717) is 35.9 Å². The van der Waals surface area contributed by atoms with Crippen LogP contribution in [0.3, 0.4) is 0 Å². The second-order valence-corrected chi connectivity index (χ2v) is 6.79. The lowest BCUT2D eigenvalue weighted by Gasteiger charge is -2.07. The van der Waals surface area contributed by atoms with E-state index in [1.807, 2.05) is 6.92 Å². The van der Waals surface area contributed by atoms with Crippen molar-refractivity contribution in [1.82, 2.24) is 19.2 Å². The Morgan fingerprint density at radius 1 is 1.21 bits per heavy atom. The summed E-state index contributed by atoms with van der Waals surface area (Å²) in [5.74, 6) is -1.20. The van der Waals surface area contributed by atoms with Crippen LogP contribution in [0.4, 0.5) is 4.39 Å². The van der Waals surface area contributed by atoms with E-state index < -0.39 is 5.97 Å². The number of benzene rings is 1. The molecule has 0 fully saturated rings. The molecule has 0 aliphatic carbocycles. The molecule has 8 heteroatoms. The zero-order valence-electron chi connectivity index (χ0n) is 15.8. The Kier molecular flexibility index (Phi) is 4.84. The van der Waals surface area contributed by atoms with Crippen LogP contribution in [0.2, 0.25) is 0 Å². The Morgan fingerprint density at radius 3 is 2.66 bits per heavy atom. The molecule has 0 bridgehead atoms. The first-order valence-corrected chi connectivity index (χ1v) is 9.37. The van der Waals surface area contributed by atoms with Gasteiger partial charge in [0.1, 0.15) is 5.82 Å². The molecule has 7 nitrogen and oxygen atoms in total. The first-order valence-electron chi connectivity index (χ1n) is 9.37. The van der Waals surface area contributed by atoms with Gasteiger partial charge >= 0.3 is 5.97 Å². The third kappa shape index (κ3) is 3.37. The molecule has 0 amide bonds. The van der Waals surface area contributed by atoms with E-state index in [0.717, 1.165) is 16.8 Å². The third-order valence-electron chi connectivity index (χ3n) is 4.91. The molecule has 0 spiro atoms. The lowest BCUT2D eigenvalue weighted by atomic mass is 10.0. The Morgan fingerprint density at radius 2 is 1.97 bits per heavy atom. The average Bonchev–Trinajstić information content (AvgIpc) is 3.09. The van der Waals surface area contributed by atoms with Gasteiger partial charge in [-0.3, -0.25) is 9.59 Å². The summed E-state index contributed by atoms with van der Waals surface area (Å²) in [4.78, 5) is 28.0. The number of halogens is 1. The number of carbonyl (C=O) groups is 1. The maximum Gasteiger partial charge on any atom is 0.303 e. The Balaban J connectivity index is 1.86. The van der Waals surface area contributed by atoms with Gasteiger partial charge in [0.05, 0.1) is 16.6 Å². The van der Waals surface area contributed by atoms with Crippen molar-refractivity contribution in [1.29, 1.82) is 0 Å². The summed E-state index contributed by atoms with van der Waals surface area (Å²) >= 11 is 0. The van der Waals surface area contributed by atoms with Crippen LogP contribution < -0.4 is 5.56 Å². The quantitative estimate of drug-likeness (QED) is 0.542. The van der Waals surface area contributed by atoms with Crippen molar-refractivity contribution in [2.24, 2.45) is 0 Å². The number of aryl methyl sites for hydroxylation is 2. The maximum absolute atomic E-state index is 13.3. The zero-order valence-corrected chi connectivity index (χ0v) is 15.8. The second-order valence-electron chi connectivity index (χ2n) is 6.79. The van der Waals surface area contributed by atoms with E-state index in [2.05, 4.69) is 10.1 Å². The van der Waals surface area contributed by atoms with Gasteiger partial charge in [0.2, 0.25) is 0 Å². The molecule has 0 saturated heterocycles. The number of hydrogen-bond acceptors (Lipinski definition) is 4. The van der Waals surface area contributed by atoms with E-state index in [9.17, 15) is 14.0 Å². The highest BCUT2D eigenvalue weighted by Crippen LogP contribution is 2.29. The Bertz CT molecular complexity index is 1280. The number of carboxylic acids is 1. The first kappa shape index (κ1) is 18.8. The van der Waals surface area contributed by atoms with Gasteiger partial charge in [0, 0.05) is 30.9 Å². The largest absolute Gasteiger partial charge is 0.481 e. The van der Waals surface area contributed by atoms with Crippen molar-refractivity contribution in [2.75, 3.05) is 0 Å². The van der Waals surface area contributed by atoms with Gasteiger partial charge in [-0.25, -0.2) is 13.9 Å². The van der Waals surface area contributed by atoms with Crippen molar-refractivity contribution in [3.05, 3.63) is 64.6 Å². The van der Waals surface area contributed by atoms with E-state index in [1.54, 1.807) is 28.9 Å². The van der Waals surface area contributed by atoms with E-state index in [-0.39, 0.29) is 17.8 Å². The summed E-state index contributed by atoms with van der Waals surface area (Å²) in [6.45, 7) is 2.30. The summed E-state index contributed by atoms with van der Waals surface area (Å²) in [5, 5.41) is 13.8. The average molecular weight is 394 g/mol. The molecule has 0 saturated carbocycles. The van der Waals surface area contributed by atoms with Crippen LogP contribution in [0, 0.1) is 5.82 Å². The number of aliphatic carboxylic acids is 1. The number of aromatic nitrogens is 4. The van der Waals surface area contributed by atoms with Crippen molar-refractivity contribution in [3.8, 4) is 11.1 Å². The van der Waals surface area contributed by atoms with E-state index in [4.69, 9.17) is 5.11 Å². The minimum absolute atomic E-state index is 0.00179. The summed E-state index contributed by atoms with van der Waals surface area (Å²) in [6.07, 6.45) is 4.20. The first-order chi connectivity index (χ1) is 14.0.